The average Bonchev–Trinajstić information content (AvgIpc) is 2.62. The van der Waals surface area contributed by atoms with Crippen molar-refractivity contribution in [1.29, 1.82) is 0 Å². The van der Waals surface area contributed by atoms with Crippen molar-refractivity contribution in [1.82, 2.24) is 9.88 Å². The van der Waals surface area contributed by atoms with Gasteiger partial charge in [-0.2, -0.15) is 0 Å². The van der Waals surface area contributed by atoms with Gasteiger partial charge in [-0.1, -0.05) is 19.1 Å². The van der Waals surface area contributed by atoms with Crippen LogP contribution >= 0.6 is 0 Å². The molecule has 3 heterocycles. The fourth-order valence-electron chi connectivity index (χ4n) is 4.27. The van der Waals surface area contributed by atoms with E-state index in [0.29, 0.717) is 30.5 Å². The number of methoxy groups -OCH3 is 1. The molecule has 1 unspecified atom stereocenters. The molecule has 5 heteroatoms. The van der Waals surface area contributed by atoms with E-state index in [9.17, 15) is 4.39 Å². The van der Waals surface area contributed by atoms with Gasteiger partial charge in [-0.05, 0) is 48.4 Å². The highest BCUT2D eigenvalue weighted by molar-refractivity contribution is 5.27. The molecule has 1 aliphatic carbocycles. The maximum Gasteiger partial charge on any atom is 0.213 e. The molecule has 3 fully saturated rings. The maximum atomic E-state index is 13.0. The second-order valence-electron chi connectivity index (χ2n) is 7.46. The number of pyridine rings is 1. The minimum absolute atomic E-state index is 0.342. The summed E-state index contributed by atoms with van der Waals surface area (Å²) in [5.74, 6) is 2.40. The Morgan fingerprint density at radius 1 is 1.15 bits per heavy atom. The van der Waals surface area contributed by atoms with Crippen molar-refractivity contribution in [3.05, 3.63) is 54.0 Å². The van der Waals surface area contributed by atoms with Crippen molar-refractivity contribution in [2.75, 3.05) is 13.7 Å². The number of hydrogen-bond donors (Lipinski definition) is 0. The molecule has 0 amide bonds. The highest BCUT2D eigenvalue weighted by Crippen LogP contribution is 2.47. The molecular weight excluding hydrogens is 331 g/mol. The van der Waals surface area contributed by atoms with Crippen LogP contribution in [-0.4, -0.2) is 35.7 Å². The van der Waals surface area contributed by atoms with E-state index in [2.05, 4.69) is 28.9 Å². The first-order chi connectivity index (χ1) is 12.6. The van der Waals surface area contributed by atoms with Crippen molar-refractivity contribution < 1.29 is 13.9 Å². The molecule has 1 aromatic carbocycles. The molecule has 2 bridgehead atoms. The van der Waals surface area contributed by atoms with Crippen molar-refractivity contribution >= 4 is 0 Å². The van der Waals surface area contributed by atoms with Crippen LogP contribution < -0.4 is 9.47 Å². The molecule has 2 atom stereocenters. The zero-order valence-corrected chi connectivity index (χ0v) is 15.3. The smallest absolute Gasteiger partial charge is 0.213 e. The lowest BCUT2D eigenvalue weighted by atomic mass is 9.65. The number of aromatic nitrogens is 1. The van der Waals surface area contributed by atoms with E-state index in [-0.39, 0.29) is 5.82 Å². The summed E-state index contributed by atoms with van der Waals surface area (Å²) in [5.41, 5.74) is 1.29. The van der Waals surface area contributed by atoms with E-state index in [1.54, 1.807) is 13.2 Å². The Labute approximate surface area is 153 Å². The Bertz CT molecular complexity index is 729. The molecule has 1 saturated carbocycles. The number of ether oxygens (including phenoxy) is 2. The number of benzene rings is 1. The van der Waals surface area contributed by atoms with Gasteiger partial charge in [0, 0.05) is 24.7 Å². The van der Waals surface area contributed by atoms with Crippen LogP contribution in [0.1, 0.15) is 25.3 Å². The number of hydrogen-bond acceptors (Lipinski definition) is 4. The van der Waals surface area contributed by atoms with Crippen LogP contribution in [0.15, 0.2) is 42.6 Å². The van der Waals surface area contributed by atoms with Crippen LogP contribution in [0.4, 0.5) is 4.39 Å². The van der Waals surface area contributed by atoms with Crippen molar-refractivity contribution in [3.8, 4) is 11.6 Å². The Morgan fingerprint density at radius 2 is 1.92 bits per heavy atom. The van der Waals surface area contributed by atoms with Crippen molar-refractivity contribution in [3.63, 3.8) is 0 Å². The van der Waals surface area contributed by atoms with E-state index in [1.165, 1.54) is 30.7 Å². The van der Waals surface area contributed by atoms with E-state index < -0.39 is 0 Å². The van der Waals surface area contributed by atoms with Gasteiger partial charge in [-0.3, -0.25) is 4.90 Å². The topological polar surface area (TPSA) is 34.6 Å². The van der Waals surface area contributed by atoms with Gasteiger partial charge in [-0.25, -0.2) is 9.37 Å². The van der Waals surface area contributed by atoms with Crippen LogP contribution in [0.2, 0.25) is 0 Å². The highest BCUT2D eigenvalue weighted by Gasteiger charge is 2.48. The van der Waals surface area contributed by atoms with Gasteiger partial charge in [0.2, 0.25) is 5.88 Å². The number of halogens is 1. The van der Waals surface area contributed by atoms with E-state index in [1.807, 2.05) is 12.1 Å². The molecular formula is C21H25FN2O2. The monoisotopic (exact) mass is 356 g/mol. The number of fused-ring (bicyclic) bond motifs is 2. The largest absolute Gasteiger partial charge is 0.497 e. The third-order valence-electron chi connectivity index (χ3n) is 6.02. The molecule has 2 aliphatic heterocycles. The van der Waals surface area contributed by atoms with Gasteiger partial charge in [-0.15, -0.1) is 0 Å². The molecule has 5 rings (SSSR count). The number of piperidine rings is 2. The molecule has 0 spiro atoms. The molecule has 26 heavy (non-hydrogen) atoms. The van der Waals surface area contributed by atoms with Gasteiger partial charge < -0.3 is 9.47 Å². The maximum absolute atomic E-state index is 13.0. The Balaban J connectivity index is 1.45. The Kier molecular flexibility index (Phi) is 4.81. The van der Waals surface area contributed by atoms with Crippen molar-refractivity contribution in [2.24, 2.45) is 11.8 Å². The second-order valence-corrected chi connectivity index (χ2v) is 7.46. The summed E-state index contributed by atoms with van der Waals surface area (Å²) in [6.45, 7) is 3.83. The molecule has 3 aliphatic rings. The summed E-state index contributed by atoms with van der Waals surface area (Å²) in [4.78, 5) is 6.60. The lowest BCUT2D eigenvalue weighted by Crippen LogP contribution is -2.62. The number of nitrogens with zero attached hydrogens (tertiary/aromatic N) is 2. The Hall–Kier alpha value is -2.14. The third-order valence-corrected chi connectivity index (χ3v) is 6.02. The zero-order valence-electron chi connectivity index (χ0n) is 15.3. The normalized spacial score (nSPS) is 27.7. The van der Waals surface area contributed by atoms with Crippen LogP contribution in [0, 0.1) is 17.7 Å². The van der Waals surface area contributed by atoms with Crippen LogP contribution in [0.3, 0.4) is 0 Å². The summed E-state index contributed by atoms with van der Waals surface area (Å²) >= 11 is 0. The van der Waals surface area contributed by atoms with Gasteiger partial charge in [0.1, 0.15) is 18.2 Å². The lowest BCUT2D eigenvalue weighted by molar-refractivity contribution is -0.0926. The van der Waals surface area contributed by atoms with E-state index in [4.69, 9.17) is 9.47 Å². The van der Waals surface area contributed by atoms with Crippen LogP contribution in [0.25, 0.3) is 0 Å². The second kappa shape index (κ2) is 7.23. The molecule has 2 saturated heterocycles. The summed E-state index contributed by atoms with van der Waals surface area (Å²) in [5, 5.41) is 0. The molecule has 0 N–H and O–H groups in total. The fourth-order valence-corrected chi connectivity index (χ4v) is 4.27. The van der Waals surface area contributed by atoms with Crippen molar-refractivity contribution in [2.45, 2.75) is 38.4 Å². The first-order valence-electron chi connectivity index (χ1n) is 9.27. The highest BCUT2D eigenvalue weighted by atomic mass is 19.1. The molecule has 4 nitrogen and oxygen atoms in total. The fraction of sp³-hybridized carbons (Fsp3) is 0.476. The quantitative estimate of drug-likeness (QED) is 0.786. The average molecular weight is 356 g/mol. The van der Waals surface area contributed by atoms with Crippen LogP contribution in [0.5, 0.6) is 11.6 Å². The standard InChI is InChI=1S/C21H25FN2O2/c1-14-16-9-18(10-16)24(12-15-3-6-19(25-2)7-4-15)20(14)13-26-21-8-5-17(22)11-23-21/h3-8,11,14,16,18,20H,9-10,12-13H2,1-2H3/t14-,16?,18?,20?/m1/s1. The first-order valence-corrected chi connectivity index (χ1v) is 9.27. The lowest BCUT2D eigenvalue weighted by Gasteiger charge is -2.57. The summed E-state index contributed by atoms with van der Waals surface area (Å²) in [7, 11) is 1.69. The summed E-state index contributed by atoms with van der Waals surface area (Å²) in [6.07, 6.45) is 3.76. The summed E-state index contributed by atoms with van der Waals surface area (Å²) in [6, 6.07) is 12.3. The third kappa shape index (κ3) is 3.40. The zero-order chi connectivity index (χ0) is 18.1. The van der Waals surface area contributed by atoms with E-state index in [0.717, 1.165) is 18.2 Å². The number of rotatable bonds is 6. The molecule has 138 valence electrons. The first kappa shape index (κ1) is 17.3. The Morgan fingerprint density at radius 3 is 2.58 bits per heavy atom. The predicted octanol–water partition coefficient (Wildman–Crippen LogP) is 3.91. The minimum Gasteiger partial charge on any atom is -0.497 e. The van der Waals surface area contributed by atoms with Gasteiger partial charge in [0.05, 0.1) is 13.3 Å². The predicted molar refractivity (Wildman–Crippen MR) is 97.7 cm³/mol. The van der Waals surface area contributed by atoms with E-state index >= 15 is 0 Å². The van der Waals surface area contributed by atoms with Crippen LogP contribution in [-0.2, 0) is 6.54 Å². The molecule has 0 radical (unpaired) electrons. The SMILES string of the molecule is COc1ccc(CN2C3CC(C3)[C@@H](C)C2COc2ccc(F)cn2)cc1. The van der Waals surface area contributed by atoms with Gasteiger partial charge in [0.15, 0.2) is 0 Å². The molecule has 2 aromatic rings. The van der Waals surface area contributed by atoms with Gasteiger partial charge in [0.25, 0.3) is 0 Å². The minimum atomic E-state index is -0.342. The van der Waals surface area contributed by atoms with Gasteiger partial charge >= 0.3 is 0 Å². The molecule has 1 aromatic heterocycles. The summed E-state index contributed by atoms with van der Waals surface area (Å²) < 4.78 is 24.2.